The summed E-state index contributed by atoms with van der Waals surface area (Å²) < 4.78 is 2.08. The predicted molar refractivity (Wildman–Crippen MR) is 51.6 cm³/mol. The molecule has 10 heavy (non-hydrogen) atoms. The summed E-state index contributed by atoms with van der Waals surface area (Å²) in [4.78, 5) is 4.30. The molecule has 1 nitrogen and oxygen atoms in total. The zero-order chi connectivity index (χ0) is 7.72. The Morgan fingerprint density at radius 2 is 2.00 bits per heavy atom. The third kappa shape index (κ3) is 1.80. The van der Waals surface area contributed by atoms with Gasteiger partial charge in [0.15, 0.2) is 3.92 Å². The highest BCUT2D eigenvalue weighted by atomic mass is 79.9. The van der Waals surface area contributed by atoms with E-state index in [1.54, 1.807) is 11.3 Å². The number of hydrogen-bond acceptors (Lipinski definition) is 2. The fourth-order valence-electron chi connectivity index (χ4n) is 0.644. The van der Waals surface area contributed by atoms with Crippen LogP contribution in [0.25, 0.3) is 0 Å². The van der Waals surface area contributed by atoms with Gasteiger partial charge in [-0.05, 0) is 37.8 Å². The normalized spacial score (nSPS) is 10.9. The van der Waals surface area contributed by atoms with Crippen molar-refractivity contribution in [3.8, 4) is 0 Å². The quantitative estimate of drug-likeness (QED) is 0.765. The molecule has 0 bridgehead atoms. The van der Waals surface area contributed by atoms with E-state index < -0.39 is 0 Å². The molecular formula is C6H7Br2NS. The first kappa shape index (κ1) is 8.68. The first-order valence-corrected chi connectivity index (χ1v) is 5.33. The Labute approximate surface area is 81.1 Å². The summed E-state index contributed by atoms with van der Waals surface area (Å²) in [7, 11) is 0. The lowest BCUT2D eigenvalue weighted by Gasteiger charge is -1.97. The van der Waals surface area contributed by atoms with E-state index in [0.717, 1.165) is 13.4 Å². The van der Waals surface area contributed by atoms with Gasteiger partial charge in [0.1, 0.15) is 0 Å². The average Bonchev–Trinajstić information content (AvgIpc) is 2.10. The monoisotopic (exact) mass is 283 g/mol. The second-order valence-corrected chi connectivity index (χ2v) is 5.87. The minimum Gasteiger partial charge on any atom is -0.233 e. The minimum atomic E-state index is 0.497. The van der Waals surface area contributed by atoms with E-state index in [1.165, 1.54) is 0 Å². The molecule has 0 amide bonds. The summed E-state index contributed by atoms with van der Waals surface area (Å²) in [6, 6.07) is 0. The summed E-state index contributed by atoms with van der Waals surface area (Å²) in [6.45, 7) is 4.26. The maximum absolute atomic E-state index is 4.30. The van der Waals surface area contributed by atoms with Crippen LogP contribution in [0.5, 0.6) is 0 Å². The molecule has 0 saturated heterocycles. The first-order valence-electron chi connectivity index (χ1n) is 2.93. The van der Waals surface area contributed by atoms with Crippen LogP contribution < -0.4 is 0 Å². The molecule has 0 aromatic carbocycles. The summed E-state index contributed by atoms with van der Waals surface area (Å²) in [5.41, 5.74) is 1.14. The van der Waals surface area contributed by atoms with Crippen molar-refractivity contribution in [2.75, 3.05) is 0 Å². The molecule has 1 aromatic heterocycles. The van der Waals surface area contributed by atoms with Gasteiger partial charge in [-0.3, -0.25) is 0 Å². The molecule has 0 spiro atoms. The lowest BCUT2D eigenvalue weighted by atomic mass is 10.2. The molecule has 0 saturated carbocycles. The van der Waals surface area contributed by atoms with Crippen molar-refractivity contribution >= 4 is 43.2 Å². The van der Waals surface area contributed by atoms with Crippen LogP contribution in [0.15, 0.2) is 7.70 Å². The Morgan fingerprint density at radius 3 is 2.20 bits per heavy atom. The lowest BCUT2D eigenvalue weighted by Crippen LogP contribution is -1.86. The first-order chi connectivity index (χ1) is 4.61. The number of hydrogen-bond donors (Lipinski definition) is 0. The van der Waals surface area contributed by atoms with Gasteiger partial charge in [-0.2, -0.15) is 0 Å². The SMILES string of the molecule is CC(C)c1nc(Br)sc1Br. The second kappa shape index (κ2) is 3.32. The Kier molecular flexibility index (Phi) is 2.89. The number of rotatable bonds is 1. The van der Waals surface area contributed by atoms with E-state index in [4.69, 9.17) is 0 Å². The Balaban J connectivity index is 3.03. The van der Waals surface area contributed by atoms with Crippen LogP contribution >= 0.6 is 43.2 Å². The Hall–Kier alpha value is 0.590. The topological polar surface area (TPSA) is 12.9 Å². The van der Waals surface area contributed by atoms with Gasteiger partial charge < -0.3 is 0 Å². The van der Waals surface area contributed by atoms with E-state index in [0.29, 0.717) is 5.92 Å². The average molecular weight is 285 g/mol. The van der Waals surface area contributed by atoms with Crippen molar-refractivity contribution in [3.05, 3.63) is 13.4 Å². The van der Waals surface area contributed by atoms with E-state index >= 15 is 0 Å². The Morgan fingerprint density at radius 1 is 1.40 bits per heavy atom. The van der Waals surface area contributed by atoms with Crippen LogP contribution in [-0.4, -0.2) is 4.98 Å². The van der Waals surface area contributed by atoms with Gasteiger partial charge in [-0.1, -0.05) is 25.2 Å². The molecule has 1 heterocycles. The highest BCUT2D eigenvalue weighted by Crippen LogP contribution is 2.32. The molecule has 1 aromatic rings. The maximum atomic E-state index is 4.30. The van der Waals surface area contributed by atoms with Crippen molar-refractivity contribution in [3.63, 3.8) is 0 Å². The molecule has 0 N–H and O–H groups in total. The molecule has 0 aliphatic carbocycles. The van der Waals surface area contributed by atoms with Gasteiger partial charge in [0.25, 0.3) is 0 Å². The fourth-order valence-corrected chi connectivity index (χ4v) is 3.66. The van der Waals surface area contributed by atoms with Gasteiger partial charge >= 0.3 is 0 Å². The van der Waals surface area contributed by atoms with E-state index in [9.17, 15) is 0 Å². The van der Waals surface area contributed by atoms with E-state index in [-0.39, 0.29) is 0 Å². The van der Waals surface area contributed by atoms with Gasteiger partial charge in [-0.25, -0.2) is 4.98 Å². The van der Waals surface area contributed by atoms with Gasteiger partial charge in [0.05, 0.1) is 9.48 Å². The fraction of sp³-hybridized carbons (Fsp3) is 0.500. The molecule has 4 heteroatoms. The van der Waals surface area contributed by atoms with Crippen LogP contribution in [-0.2, 0) is 0 Å². The van der Waals surface area contributed by atoms with E-state index in [1.807, 2.05) is 0 Å². The maximum Gasteiger partial charge on any atom is 0.160 e. The Bertz CT molecular complexity index is 232. The van der Waals surface area contributed by atoms with Crippen molar-refractivity contribution in [1.29, 1.82) is 0 Å². The molecule has 0 aliphatic rings. The van der Waals surface area contributed by atoms with E-state index in [2.05, 4.69) is 50.7 Å². The van der Waals surface area contributed by atoms with Gasteiger partial charge in [0.2, 0.25) is 0 Å². The third-order valence-corrected chi connectivity index (χ3v) is 3.33. The van der Waals surface area contributed by atoms with Crippen LogP contribution in [0.1, 0.15) is 25.5 Å². The van der Waals surface area contributed by atoms with Gasteiger partial charge in [0, 0.05) is 0 Å². The van der Waals surface area contributed by atoms with Crippen LogP contribution in [0, 0.1) is 0 Å². The summed E-state index contributed by atoms with van der Waals surface area (Å²) in [6.07, 6.45) is 0. The molecule has 1 rings (SSSR count). The molecule has 0 atom stereocenters. The number of halogens is 2. The molecule has 0 fully saturated rings. The van der Waals surface area contributed by atoms with Crippen molar-refractivity contribution < 1.29 is 0 Å². The number of thiazole rings is 1. The van der Waals surface area contributed by atoms with Crippen molar-refractivity contribution in [2.45, 2.75) is 19.8 Å². The van der Waals surface area contributed by atoms with Crippen LogP contribution in [0.2, 0.25) is 0 Å². The number of nitrogens with zero attached hydrogens (tertiary/aromatic N) is 1. The zero-order valence-corrected chi connectivity index (χ0v) is 9.68. The standard InChI is InChI=1S/C6H7Br2NS/c1-3(2)4-5(7)10-6(8)9-4/h3H,1-2H3. The summed E-state index contributed by atoms with van der Waals surface area (Å²) in [5.74, 6) is 0.497. The smallest absolute Gasteiger partial charge is 0.160 e. The molecule has 0 unspecified atom stereocenters. The third-order valence-electron chi connectivity index (χ3n) is 1.13. The zero-order valence-electron chi connectivity index (χ0n) is 5.69. The molecule has 0 aliphatic heterocycles. The predicted octanol–water partition coefficient (Wildman–Crippen LogP) is 3.79. The van der Waals surface area contributed by atoms with Crippen molar-refractivity contribution in [2.24, 2.45) is 0 Å². The summed E-state index contributed by atoms with van der Waals surface area (Å²) in [5, 5.41) is 0. The largest absolute Gasteiger partial charge is 0.233 e. The van der Waals surface area contributed by atoms with Gasteiger partial charge in [-0.15, -0.1) is 0 Å². The second-order valence-electron chi connectivity index (χ2n) is 2.28. The molecule has 56 valence electrons. The van der Waals surface area contributed by atoms with Crippen LogP contribution in [0.4, 0.5) is 0 Å². The highest BCUT2D eigenvalue weighted by molar-refractivity contribution is 9.12. The van der Waals surface area contributed by atoms with Crippen LogP contribution in [0.3, 0.4) is 0 Å². The van der Waals surface area contributed by atoms with Crippen molar-refractivity contribution in [1.82, 2.24) is 4.98 Å². The lowest BCUT2D eigenvalue weighted by molar-refractivity contribution is 0.825. The molecule has 0 radical (unpaired) electrons. The molecular weight excluding hydrogens is 278 g/mol. The summed E-state index contributed by atoms with van der Waals surface area (Å²) >= 11 is 8.39. The minimum absolute atomic E-state index is 0.497. The highest BCUT2D eigenvalue weighted by Gasteiger charge is 2.09. The number of aromatic nitrogens is 1.